The largest absolute Gasteiger partial charge is 0.346 e. The Labute approximate surface area is 147 Å². The fourth-order valence-corrected chi connectivity index (χ4v) is 3.17. The Bertz CT molecular complexity index is 925. The van der Waals surface area contributed by atoms with Gasteiger partial charge in [0.15, 0.2) is 0 Å². The first kappa shape index (κ1) is 16.7. The van der Waals surface area contributed by atoms with Crippen molar-refractivity contribution in [3.8, 4) is 10.6 Å². The van der Waals surface area contributed by atoms with Crippen LogP contribution in [0.15, 0.2) is 48.1 Å². The predicted molar refractivity (Wildman–Crippen MR) is 94.3 cm³/mol. The number of thiazole rings is 1. The summed E-state index contributed by atoms with van der Waals surface area (Å²) in [7, 11) is 0. The van der Waals surface area contributed by atoms with E-state index in [1.807, 2.05) is 17.5 Å². The molecule has 0 atom stereocenters. The van der Waals surface area contributed by atoms with E-state index in [0.29, 0.717) is 11.1 Å². The van der Waals surface area contributed by atoms with Gasteiger partial charge < -0.3 is 5.32 Å². The van der Waals surface area contributed by atoms with Gasteiger partial charge in [0.25, 0.3) is 11.6 Å². The zero-order valence-electron chi connectivity index (χ0n) is 13.3. The zero-order chi connectivity index (χ0) is 17.8. The normalized spacial score (nSPS) is 10.4. The van der Waals surface area contributed by atoms with Gasteiger partial charge in [-0.2, -0.15) is 0 Å². The molecule has 0 fully saturated rings. The number of amides is 1. The number of hydrogen-bond acceptors (Lipinski definition) is 6. The first-order valence-electron chi connectivity index (χ1n) is 7.43. The minimum atomic E-state index is -0.493. The van der Waals surface area contributed by atoms with Crippen molar-refractivity contribution >= 4 is 22.9 Å². The van der Waals surface area contributed by atoms with Crippen molar-refractivity contribution in [1.82, 2.24) is 15.3 Å². The smallest absolute Gasteiger partial charge is 0.273 e. The molecule has 25 heavy (non-hydrogen) atoms. The molecule has 0 spiro atoms. The van der Waals surface area contributed by atoms with Crippen molar-refractivity contribution in [2.24, 2.45) is 0 Å². The highest BCUT2D eigenvalue weighted by atomic mass is 32.1. The Morgan fingerprint density at radius 3 is 2.76 bits per heavy atom. The standard InChI is InChI=1S/C17H14N4O3S/c1-11-14(3-2-4-15(11)21(23)24)16(22)19-9-13-10-25-17(20-13)12-5-7-18-8-6-12/h2-8,10H,9H2,1H3,(H,19,22). The fraction of sp³-hybridized carbons (Fsp3) is 0.118. The van der Waals surface area contributed by atoms with E-state index in [1.54, 1.807) is 25.4 Å². The molecular formula is C17H14N4O3S. The number of nitrogens with one attached hydrogen (secondary N) is 1. The number of nitrogens with zero attached hydrogens (tertiary/aromatic N) is 3. The summed E-state index contributed by atoms with van der Waals surface area (Å²) in [6, 6.07) is 8.19. The maximum Gasteiger partial charge on any atom is 0.273 e. The lowest BCUT2D eigenvalue weighted by Crippen LogP contribution is -2.24. The molecular weight excluding hydrogens is 340 g/mol. The molecule has 0 unspecified atom stereocenters. The highest BCUT2D eigenvalue weighted by Crippen LogP contribution is 2.23. The molecule has 8 heteroatoms. The van der Waals surface area contributed by atoms with Crippen molar-refractivity contribution in [2.45, 2.75) is 13.5 Å². The second-order valence-corrected chi connectivity index (χ2v) is 6.13. The Morgan fingerprint density at radius 2 is 2.04 bits per heavy atom. The van der Waals surface area contributed by atoms with Crippen LogP contribution in [0, 0.1) is 17.0 Å². The highest BCUT2D eigenvalue weighted by molar-refractivity contribution is 7.13. The number of nitro groups is 1. The van der Waals surface area contributed by atoms with Crippen LogP contribution in [0.25, 0.3) is 10.6 Å². The summed E-state index contributed by atoms with van der Waals surface area (Å²) in [4.78, 5) is 31.3. The number of benzene rings is 1. The summed E-state index contributed by atoms with van der Waals surface area (Å²) in [6.45, 7) is 1.82. The summed E-state index contributed by atoms with van der Waals surface area (Å²) in [5.74, 6) is -0.361. The van der Waals surface area contributed by atoms with Crippen LogP contribution in [0.3, 0.4) is 0 Å². The van der Waals surface area contributed by atoms with Gasteiger partial charge in [-0.1, -0.05) is 6.07 Å². The second kappa shape index (κ2) is 7.18. The molecule has 0 radical (unpaired) electrons. The van der Waals surface area contributed by atoms with E-state index in [9.17, 15) is 14.9 Å². The minimum absolute atomic E-state index is 0.0683. The first-order chi connectivity index (χ1) is 12.1. The molecule has 0 saturated carbocycles. The number of aromatic nitrogens is 2. The quantitative estimate of drug-likeness (QED) is 0.560. The van der Waals surface area contributed by atoms with E-state index in [2.05, 4.69) is 15.3 Å². The van der Waals surface area contributed by atoms with E-state index in [1.165, 1.54) is 23.5 Å². The molecule has 0 aliphatic heterocycles. The van der Waals surface area contributed by atoms with Gasteiger partial charge >= 0.3 is 0 Å². The average Bonchev–Trinajstić information content (AvgIpc) is 3.09. The zero-order valence-corrected chi connectivity index (χ0v) is 14.1. The molecule has 0 aliphatic carbocycles. The van der Waals surface area contributed by atoms with Gasteiger partial charge in [-0.15, -0.1) is 11.3 Å². The van der Waals surface area contributed by atoms with Crippen LogP contribution >= 0.6 is 11.3 Å². The van der Waals surface area contributed by atoms with Crippen molar-refractivity contribution in [3.63, 3.8) is 0 Å². The van der Waals surface area contributed by atoms with Crippen LogP contribution in [-0.4, -0.2) is 20.8 Å². The third-order valence-electron chi connectivity index (χ3n) is 3.66. The van der Waals surface area contributed by atoms with Crippen molar-refractivity contribution < 1.29 is 9.72 Å². The third kappa shape index (κ3) is 3.69. The molecule has 2 heterocycles. The molecule has 1 amide bonds. The van der Waals surface area contributed by atoms with Gasteiger partial charge in [0.05, 0.1) is 17.2 Å². The molecule has 0 aliphatic rings. The van der Waals surface area contributed by atoms with Gasteiger partial charge in [0, 0.05) is 40.5 Å². The Kier molecular flexibility index (Phi) is 4.80. The molecule has 0 saturated heterocycles. The minimum Gasteiger partial charge on any atom is -0.346 e. The maximum atomic E-state index is 12.3. The number of carbonyl (C=O) groups excluding carboxylic acids is 1. The third-order valence-corrected chi connectivity index (χ3v) is 4.60. The molecule has 7 nitrogen and oxygen atoms in total. The first-order valence-corrected chi connectivity index (χ1v) is 8.31. The molecule has 126 valence electrons. The number of nitro benzene ring substituents is 1. The second-order valence-electron chi connectivity index (χ2n) is 5.27. The van der Waals surface area contributed by atoms with Gasteiger partial charge in [0.2, 0.25) is 0 Å². The number of carbonyl (C=O) groups is 1. The van der Waals surface area contributed by atoms with Crippen molar-refractivity contribution in [3.05, 3.63) is 75.0 Å². The van der Waals surface area contributed by atoms with E-state index in [0.717, 1.165) is 16.3 Å². The summed E-state index contributed by atoms with van der Waals surface area (Å²) >= 11 is 1.48. The average molecular weight is 354 g/mol. The fourth-order valence-electron chi connectivity index (χ4n) is 2.35. The van der Waals surface area contributed by atoms with Crippen LogP contribution in [0.2, 0.25) is 0 Å². The SMILES string of the molecule is Cc1c(C(=O)NCc2csc(-c3ccncc3)n2)cccc1[N+](=O)[O-]. The van der Waals surface area contributed by atoms with Crippen molar-refractivity contribution in [2.75, 3.05) is 0 Å². The molecule has 0 bridgehead atoms. The lowest BCUT2D eigenvalue weighted by atomic mass is 10.1. The van der Waals surface area contributed by atoms with Crippen LogP contribution in [0.5, 0.6) is 0 Å². The Hall–Kier alpha value is -3.13. The van der Waals surface area contributed by atoms with Crippen LogP contribution < -0.4 is 5.32 Å². The van der Waals surface area contributed by atoms with Gasteiger partial charge in [0.1, 0.15) is 5.01 Å². The van der Waals surface area contributed by atoms with Gasteiger partial charge in [-0.05, 0) is 25.1 Å². The van der Waals surface area contributed by atoms with Crippen LogP contribution in [-0.2, 0) is 6.54 Å². The van der Waals surface area contributed by atoms with E-state index in [4.69, 9.17) is 0 Å². The maximum absolute atomic E-state index is 12.3. The highest BCUT2D eigenvalue weighted by Gasteiger charge is 2.18. The number of hydrogen-bond donors (Lipinski definition) is 1. The van der Waals surface area contributed by atoms with E-state index in [-0.39, 0.29) is 18.1 Å². The molecule has 1 N–H and O–H groups in total. The summed E-state index contributed by atoms with van der Waals surface area (Å²) in [6.07, 6.45) is 3.40. The molecule has 1 aromatic carbocycles. The van der Waals surface area contributed by atoms with E-state index < -0.39 is 4.92 Å². The summed E-state index contributed by atoms with van der Waals surface area (Å²) in [5.41, 5.74) is 2.26. The molecule has 2 aromatic heterocycles. The summed E-state index contributed by atoms with van der Waals surface area (Å²) < 4.78 is 0. The topological polar surface area (TPSA) is 98.0 Å². The Balaban J connectivity index is 1.70. The number of pyridine rings is 1. The monoisotopic (exact) mass is 354 g/mol. The molecule has 3 aromatic rings. The lowest BCUT2D eigenvalue weighted by molar-refractivity contribution is -0.385. The summed E-state index contributed by atoms with van der Waals surface area (Å²) in [5, 5.41) is 16.4. The van der Waals surface area contributed by atoms with E-state index >= 15 is 0 Å². The van der Waals surface area contributed by atoms with Crippen molar-refractivity contribution in [1.29, 1.82) is 0 Å². The number of rotatable bonds is 5. The van der Waals surface area contributed by atoms with Crippen LogP contribution in [0.1, 0.15) is 21.6 Å². The van der Waals surface area contributed by atoms with Gasteiger partial charge in [-0.25, -0.2) is 4.98 Å². The van der Waals surface area contributed by atoms with Gasteiger partial charge in [-0.3, -0.25) is 19.9 Å². The Morgan fingerprint density at radius 1 is 1.28 bits per heavy atom. The predicted octanol–water partition coefficient (Wildman–Crippen LogP) is 3.35. The molecule has 3 rings (SSSR count). The van der Waals surface area contributed by atoms with Crippen LogP contribution in [0.4, 0.5) is 5.69 Å². The lowest BCUT2D eigenvalue weighted by Gasteiger charge is -2.06.